The summed E-state index contributed by atoms with van der Waals surface area (Å²) >= 11 is 0. The summed E-state index contributed by atoms with van der Waals surface area (Å²) in [6.45, 7) is -0.894. The van der Waals surface area contributed by atoms with E-state index in [4.69, 9.17) is 10.2 Å². The molecule has 0 aromatic carbocycles. The van der Waals surface area contributed by atoms with Gasteiger partial charge in [0.1, 0.15) is 12.4 Å². The minimum Gasteiger partial charge on any atom is -0.447 e. The number of nitrogens with two attached hydrogens (primary N) is 1. The van der Waals surface area contributed by atoms with Gasteiger partial charge in [-0.05, 0) is 12.1 Å². The largest absolute Gasteiger partial charge is 0.447 e. The fraction of sp³-hybridized carbons (Fsp3) is 0.556. The number of sulfonamides is 1. The molecule has 9 heteroatoms. The van der Waals surface area contributed by atoms with Crippen molar-refractivity contribution in [3.63, 3.8) is 0 Å². The van der Waals surface area contributed by atoms with Crippen LogP contribution in [0.1, 0.15) is 5.76 Å². The Labute approximate surface area is 103 Å². The predicted octanol–water partition coefficient (Wildman–Crippen LogP) is 0.298. The molecular weight excluding hydrogens is 270 g/mol. The van der Waals surface area contributed by atoms with Gasteiger partial charge in [-0.15, -0.1) is 0 Å². The van der Waals surface area contributed by atoms with E-state index < -0.39 is 23.1 Å². The maximum atomic E-state index is 11.7. The predicted molar refractivity (Wildman–Crippen MR) is 58.6 cm³/mol. The summed E-state index contributed by atoms with van der Waals surface area (Å²) < 4.78 is 58.3. The number of ether oxygens (including phenoxy) is 1. The molecule has 0 fully saturated rings. The molecule has 1 aromatic rings. The van der Waals surface area contributed by atoms with Crippen LogP contribution in [-0.4, -0.2) is 34.6 Å². The fourth-order valence-corrected chi connectivity index (χ4v) is 2.06. The van der Waals surface area contributed by atoms with Crippen molar-refractivity contribution in [3.8, 4) is 0 Å². The highest BCUT2D eigenvalue weighted by atomic mass is 32.2. The highest BCUT2D eigenvalue weighted by Gasteiger charge is 2.17. The molecule has 18 heavy (non-hydrogen) atoms. The van der Waals surface area contributed by atoms with Crippen LogP contribution in [0.4, 0.5) is 8.78 Å². The number of nitrogens with one attached hydrogen (secondary N) is 1. The molecule has 0 spiro atoms. The van der Waals surface area contributed by atoms with Crippen molar-refractivity contribution >= 4 is 10.0 Å². The first-order valence-electron chi connectivity index (χ1n) is 5.10. The monoisotopic (exact) mass is 284 g/mol. The summed E-state index contributed by atoms with van der Waals surface area (Å²) in [5.74, 6) is 0.337. The van der Waals surface area contributed by atoms with E-state index in [2.05, 4.69) is 9.46 Å². The van der Waals surface area contributed by atoms with Gasteiger partial charge in [0.05, 0.1) is 13.2 Å². The van der Waals surface area contributed by atoms with Crippen LogP contribution in [-0.2, 0) is 21.3 Å². The van der Waals surface area contributed by atoms with Gasteiger partial charge in [-0.2, -0.15) is 0 Å². The second-order valence-corrected chi connectivity index (χ2v) is 4.99. The molecule has 0 unspecified atom stereocenters. The van der Waals surface area contributed by atoms with Gasteiger partial charge in [-0.25, -0.2) is 21.9 Å². The molecule has 6 nitrogen and oxygen atoms in total. The first-order valence-corrected chi connectivity index (χ1v) is 6.58. The van der Waals surface area contributed by atoms with Crippen LogP contribution >= 0.6 is 0 Å². The summed E-state index contributed by atoms with van der Waals surface area (Å²) in [6.07, 6.45) is -2.57. The van der Waals surface area contributed by atoms with E-state index in [1.54, 1.807) is 0 Å². The third kappa shape index (κ3) is 4.69. The smallest absolute Gasteiger partial charge is 0.274 e. The zero-order valence-electron chi connectivity index (χ0n) is 9.43. The Hall–Kier alpha value is -1.03. The first kappa shape index (κ1) is 15.0. The van der Waals surface area contributed by atoms with Crippen molar-refractivity contribution in [2.75, 3.05) is 19.8 Å². The lowest BCUT2D eigenvalue weighted by Crippen LogP contribution is -2.27. The molecule has 0 aliphatic carbocycles. The maximum absolute atomic E-state index is 11.7. The van der Waals surface area contributed by atoms with Gasteiger partial charge in [-0.3, -0.25) is 0 Å². The number of halogens is 2. The number of hydrogen-bond acceptors (Lipinski definition) is 5. The van der Waals surface area contributed by atoms with E-state index in [0.29, 0.717) is 5.76 Å². The van der Waals surface area contributed by atoms with Crippen molar-refractivity contribution in [2.45, 2.75) is 18.1 Å². The summed E-state index contributed by atoms with van der Waals surface area (Å²) in [4.78, 5) is 0. The quantitative estimate of drug-likeness (QED) is 0.669. The molecule has 0 bridgehead atoms. The standard InChI is InChI=1S/C9H14F2N2O4S/c10-8(11)6-16-4-3-13-18(14,15)9-2-1-7(5-12)17-9/h1-2,8,13H,3-6,12H2. The molecule has 0 saturated carbocycles. The summed E-state index contributed by atoms with van der Waals surface area (Å²) in [6, 6.07) is 2.71. The van der Waals surface area contributed by atoms with Crippen molar-refractivity contribution in [1.29, 1.82) is 0 Å². The van der Waals surface area contributed by atoms with Gasteiger partial charge in [0.2, 0.25) is 5.09 Å². The molecule has 1 rings (SSSR count). The zero-order chi connectivity index (χ0) is 13.6. The molecule has 0 radical (unpaired) electrons. The van der Waals surface area contributed by atoms with Crippen molar-refractivity contribution < 1.29 is 26.4 Å². The van der Waals surface area contributed by atoms with E-state index in [-0.39, 0.29) is 24.8 Å². The second kappa shape index (κ2) is 6.78. The van der Waals surface area contributed by atoms with Gasteiger partial charge in [-0.1, -0.05) is 0 Å². The topological polar surface area (TPSA) is 94.6 Å². The molecule has 104 valence electrons. The van der Waals surface area contributed by atoms with E-state index in [1.165, 1.54) is 12.1 Å². The van der Waals surface area contributed by atoms with Gasteiger partial charge < -0.3 is 14.9 Å². The molecule has 0 atom stereocenters. The van der Waals surface area contributed by atoms with Gasteiger partial charge in [0, 0.05) is 6.54 Å². The molecule has 0 saturated heterocycles. The second-order valence-electron chi connectivity index (χ2n) is 3.29. The van der Waals surface area contributed by atoms with E-state index in [0.717, 1.165) is 0 Å². The highest BCUT2D eigenvalue weighted by molar-refractivity contribution is 7.89. The Morgan fingerprint density at radius 2 is 2.17 bits per heavy atom. The third-order valence-corrected chi connectivity index (χ3v) is 3.22. The first-order chi connectivity index (χ1) is 8.45. The van der Waals surface area contributed by atoms with Crippen LogP contribution in [0, 0.1) is 0 Å². The average Bonchev–Trinajstić information content (AvgIpc) is 2.77. The summed E-state index contributed by atoms with van der Waals surface area (Å²) in [7, 11) is -3.79. The maximum Gasteiger partial charge on any atom is 0.274 e. The minimum absolute atomic E-state index is 0.0903. The summed E-state index contributed by atoms with van der Waals surface area (Å²) in [5, 5.41) is -0.267. The van der Waals surface area contributed by atoms with E-state index >= 15 is 0 Å². The molecule has 1 heterocycles. The Morgan fingerprint density at radius 1 is 1.44 bits per heavy atom. The van der Waals surface area contributed by atoms with Crippen LogP contribution in [0.25, 0.3) is 0 Å². The molecular formula is C9H14F2N2O4S. The summed E-state index contributed by atoms with van der Waals surface area (Å²) in [5.41, 5.74) is 5.27. The number of rotatable bonds is 8. The lowest BCUT2D eigenvalue weighted by molar-refractivity contribution is 0.0198. The van der Waals surface area contributed by atoms with Crippen molar-refractivity contribution in [2.24, 2.45) is 5.73 Å². The average molecular weight is 284 g/mol. The van der Waals surface area contributed by atoms with Gasteiger partial charge in [0.15, 0.2) is 0 Å². The van der Waals surface area contributed by atoms with Gasteiger partial charge >= 0.3 is 0 Å². The Kier molecular flexibility index (Phi) is 5.66. The van der Waals surface area contributed by atoms with Crippen LogP contribution in [0.3, 0.4) is 0 Å². The molecule has 0 aliphatic rings. The lowest BCUT2D eigenvalue weighted by atomic mass is 10.5. The molecule has 3 N–H and O–H groups in total. The molecule has 0 amide bonds. The van der Waals surface area contributed by atoms with Crippen LogP contribution in [0.15, 0.2) is 21.6 Å². The van der Waals surface area contributed by atoms with Crippen LogP contribution < -0.4 is 10.5 Å². The van der Waals surface area contributed by atoms with E-state index in [1.807, 2.05) is 0 Å². The van der Waals surface area contributed by atoms with Crippen molar-refractivity contribution in [3.05, 3.63) is 17.9 Å². The fourth-order valence-electron chi connectivity index (χ4n) is 1.10. The zero-order valence-corrected chi connectivity index (χ0v) is 10.3. The Morgan fingerprint density at radius 3 is 2.72 bits per heavy atom. The minimum atomic E-state index is -3.79. The highest BCUT2D eigenvalue weighted by Crippen LogP contribution is 2.12. The van der Waals surface area contributed by atoms with Crippen molar-refractivity contribution in [1.82, 2.24) is 4.72 Å². The van der Waals surface area contributed by atoms with Crippen LogP contribution in [0.5, 0.6) is 0 Å². The molecule has 0 aliphatic heterocycles. The van der Waals surface area contributed by atoms with E-state index in [9.17, 15) is 17.2 Å². The SMILES string of the molecule is NCc1ccc(S(=O)(=O)NCCOCC(F)F)o1. The third-order valence-electron chi connectivity index (χ3n) is 1.89. The Bertz CT molecular complexity index is 461. The normalized spacial score (nSPS) is 12.2. The van der Waals surface area contributed by atoms with Crippen LogP contribution in [0.2, 0.25) is 0 Å². The lowest BCUT2D eigenvalue weighted by Gasteiger charge is -2.05. The van der Waals surface area contributed by atoms with Gasteiger partial charge in [0.25, 0.3) is 16.4 Å². The number of alkyl halides is 2. The number of hydrogen-bond donors (Lipinski definition) is 2. The molecule has 1 aromatic heterocycles. The Balaban J connectivity index is 2.40. The number of furan rings is 1.